The first-order valence-electron chi connectivity index (χ1n) is 8.96. The van der Waals surface area contributed by atoms with Gasteiger partial charge < -0.3 is 19.3 Å². The van der Waals surface area contributed by atoms with Crippen molar-refractivity contribution in [3.05, 3.63) is 59.2 Å². The quantitative estimate of drug-likeness (QED) is 0.834. The molecule has 2 aromatic rings. The summed E-state index contributed by atoms with van der Waals surface area (Å²) in [4.78, 5) is 28.6. The molecule has 0 spiro atoms. The second-order valence-electron chi connectivity index (χ2n) is 6.60. The third-order valence-corrected chi connectivity index (χ3v) is 4.82. The van der Waals surface area contributed by atoms with Crippen LogP contribution in [0.2, 0.25) is 0 Å². The molecule has 3 rings (SSSR count). The molecule has 1 heterocycles. The van der Waals surface area contributed by atoms with E-state index in [1.807, 2.05) is 44.2 Å². The van der Waals surface area contributed by atoms with Crippen LogP contribution in [0.15, 0.2) is 42.5 Å². The van der Waals surface area contributed by atoms with Crippen molar-refractivity contribution < 1.29 is 19.1 Å². The number of ether oxygens (including phenoxy) is 2. The minimum atomic E-state index is -0.392. The molecule has 1 aliphatic rings. The molecule has 0 saturated carbocycles. The molecule has 0 aromatic heterocycles. The van der Waals surface area contributed by atoms with Gasteiger partial charge in [-0.1, -0.05) is 18.2 Å². The number of nitrogens with zero attached hydrogens (tertiary/aromatic N) is 2. The number of benzene rings is 2. The first kappa shape index (κ1) is 18.8. The van der Waals surface area contributed by atoms with E-state index in [0.29, 0.717) is 43.2 Å². The number of carbonyl (C=O) groups is 2. The van der Waals surface area contributed by atoms with E-state index in [4.69, 9.17) is 9.47 Å². The lowest BCUT2D eigenvalue weighted by atomic mass is 10.0. The van der Waals surface area contributed by atoms with Crippen LogP contribution in [0.4, 0.5) is 4.79 Å². The largest absolute Gasteiger partial charge is 0.496 e. The zero-order valence-corrected chi connectivity index (χ0v) is 15.9. The van der Waals surface area contributed by atoms with E-state index >= 15 is 0 Å². The Balaban J connectivity index is 1.63. The Labute approximate surface area is 159 Å². The molecule has 0 radical (unpaired) electrons. The normalized spacial score (nSPS) is 14.0. The molecule has 6 heteroatoms. The molecule has 2 amide bonds. The van der Waals surface area contributed by atoms with Gasteiger partial charge in [0.15, 0.2) is 0 Å². The van der Waals surface area contributed by atoms with Crippen LogP contribution in [-0.4, -0.2) is 55.1 Å². The zero-order valence-electron chi connectivity index (χ0n) is 15.9. The maximum absolute atomic E-state index is 12.9. The van der Waals surface area contributed by atoms with Crippen LogP contribution in [0.25, 0.3) is 0 Å². The molecule has 6 nitrogen and oxygen atoms in total. The van der Waals surface area contributed by atoms with Crippen molar-refractivity contribution >= 4 is 12.0 Å². The van der Waals surface area contributed by atoms with Crippen LogP contribution in [0.3, 0.4) is 0 Å². The van der Waals surface area contributed by atoms with Crippen molar-refractivity contribution in [2.45, 2.75) is 13.8 Å². The highest BCUT2D eigenvalue weighted by atomic mass is 16.6. The average Bonchev–Trinajstić information content (AvgIpc) is 2.70. The SMILES string of the molecule is COc1cc(C)c(C)cc1C(=O)N1CCN(C(=O)Oc2ccccc2)CC1. The summed E-state index contributed by atoms with van der Waals surface area (Å²) in [6.07, 6.45) is -0.392. The molecule has 142 valence electrons. The molecule has 2 aromatic carbocycles. The van der Waals surface area contributed by atoms with Gasteiger partial charge in [-0.25, -0.2) is 4.79 Å². The minimum Gasteiger partial charge on any atom is -0.496 e. The first-order chi connectivity index (χ1) is 13.0. The van der Waals surface area contributed by atoms with Crippen molar-refractivity contribution in [2.24, 2.45) is 0 Å². The van der Waals surface area contributed by atoms with Gasteiger partial charge in [-0.2, -0.15) is 0 Å². The van der Waals surface area contributed by atoms with Crippen molar-refractivity contribution in [1.82, 2.24) is 9.80 Å². The molecular weight excluding hydrogens is 344 g/mol. The van der Waals surface area contributed by atoms with Crippen LogP contribution in [0, 0.1) is 13.8 Å². The fraction of sp³-hybridized carbons (Fsp3) is 0.333. The van der Waals surface area contributed by atoms with E-state index in [1.165, 1.54) is 0 Å². The number of rotatable bonds is 3. The second kappa shape index (κ2) is 8.12. The van der Waals surface area contributed by atoms with Gasteiger partial charge in [0, 0.05) is 26.2 Å². The predicted molar refractivity (Wildman–Crippen MR) is 102 cm³/mol. The molecule has 0 atom stereocenters. The summed E-state index contributed by atoms with van der Waals surface area (Å²) >= 11 is 0. The number of aryl methyl sites for hydroxylation is 2. The lowest BCUT2D eigenvalue weighted by Gasteiger charge is -2.34. The number of methoxy groups -OCH3 is 1. The third-order valence-electron chi connectivity index (χ3n) is 4.82. The van der Waals surface area contributed by atoms with Crippen LogP contribution < -0.4 is 9.47 Å². The molecule has 0 N–H and O–H groups in total. The highest BCUT2D eigenvalue weighted by molar-refractivity contribution is 5.97. The van der Waals surface area contributed by atoms with E-state index in [0.717, 1.165) is 11.1 Å². The zero-order chi connectivity index (χ0) is 19.4. The maximum atomic E-state index is 12.9. The Morgan fingerprint density at radius 2 is 1.48 bits per heavy atom. The van der Waals surface area contributed by atoms with Gasteiger partial charge in [0.2, 0.25) is 0 Å². The fourth-order valence-corrected chi connectivity index (χ4v) is 3.04. The van der Waals surface area contributed by atoms with Gasteiger partial charge in [0.25, 0.3) is 5.91 Å². The predicted octanol–water partition coefficient (Wildman–Crippen LogP) is 3.27. The first-order valence-corrected chi connectivity index (χ1v) is 8.96. The Hall–Kier alpha value is -3.02. The molecule has 27 heavy (non-hydrogen) atoms. The lowest BCUT2D eigenvalue weighted by Crippen LogP contribution is -2.51. The van der Waals surface area contributed by atoms with Gasteiger partial charge in [-0.05, 0) is 49.2 Å². The van der Waals surface area contributed by atoms with E-state index < -0.39 is 6.09 Å². The van der Waals surface area contributed by atoms with Crippen LogP contribution >= 0.6 is 0 Å². The Morgan fingerprint density at radius 1 is 0.889 bits per heavy atom. The molecule has 0 unspecified atom stereocenters. The molecule has 0 aliphatic carbocycles. The van der Waals surface area contributed by atoms with Gasteiger partial charge >= 0.3 is 6.09 Å². The molecule has 1 aliphatic heterocycles. The van der Waals surface area contributed by atoms with E-state index in [-0.39, 0.29) is 5.91 Å². The van der Waals surface area contributed by atoms with Crippen molar-refractivity contribution in [3.8, 4) is 11.5 Å². The average molecular weight is 368 g/mol. The van der Waals surface area contributed by atoms with Gasteiger partial charge in [-0.15, -0.1) is 0 Å². The highest BCUT2D eigenvalue weighted by Gasteiger charge is 2.27. The Morgan fingerprint density at radius 3 is 2.11 bits per heavy atom. The third kappa shape index (κ3) is 4.22. The Bertz CT molecular complexity index is 828. The number of amides is 2. The van der Waals surface area contributed by atoms with Crippen LogP contribution in [0.1, 0.15) is 21.5 Å². The van der Waals surface area contributed by atoms with Crippen LogP contribution in [0.5, 0.6) is 11.5 Å². The second-order valence-corrected chi connectivity index (χ2v) is 6.60. The summed E-state index contributed by atoms with van der Waals surface area (Å²) in [5.74, 6) is 1.01. The maximum Gasteiger partial charge on any atom is 0.415 e. The summed E-state index contributed by atoms with van der Waals surface area (Å²) in [6, 6.07) is 12.7. The summed E-state index contributed by atoms with van der Waals surface area (Å²) in [6.45, 7) is 5.75. The van der Waals surface area contributed by atoms with Gasteiger partial charge in [0.05, 0.1) is 12.7 Å². The number of hydrogen-bond acceptors (Lipinski definition) is 4. The number of para-hydroxylation sites is 1. The lowest BCUT2D eigenvalue weighted by molar-refractivity contribution is 0.0630. The molecular formula is C21H24N2O4. The van der Waals surface area contributed by atoms with Crippen molar-refractivity contribution in [1.29, 1.82) is 0 Å². The summed E-state index contributed by atoms with van der Waals surface area (Å²) in [5.41, 5.74) is 2.68. The standard InChI is InChI=1S/C21H24N2O4/c1-15-13-18(19(26-3)14-16(15)2)20(24)22-9-11-23(12-10-22)21(25)27-17-7-5-4-6-8-17/h4-8,13-14H,9-12H2,1-3H3. The van der Waals surface area contributed by atoms with Crippen molar-refractivity contribution in [2.75, 3.05) is 33.3 Å². The number of carbonyl (C=O) groups excluding carboxylic acids is 2. The van der Waals surface area contributed by atoms with Crippen LogP contribution in [-0.2, 0) is 0 Å². The smallest absolute Gasteiger partial charge is 0.415 e. The fourth-order valence-electron chi connectivity index (χ4n) is 3.04. The minimum absolute atomic E-state index is 0.0778. The topological polar surface area (TPSA) is 59.1 Å². The summed E-state index contributed by atoms with van der Waals surface area (Å²) in [5, 5.41) is 0. The molecule has 1 fully saturated rings. The Kier molecular flexibility index (Phi) is 5.64. The van der Waals surface area contributed by atoms with E-state index in [9.17, 15) is 9.59 Å². The highest BCUT2D eigenvalue weighted by Crippen LogP contribution is 2.25. The van der Waals surface area contributed by atoms with E-state index in [2.05, 4.69) is 0 Å². The molecule has 1 saturated heterocycles. The summed E-state index contributed by atoms with van der Waals surface area (Å²) in [7, 11) is 1.57. The number of hydrogen-bond donors (Lipinski definition) is 0. The van der Waals surface area contributed by atoms with Gasteiger partial charge in [-0.3, -0.25) is 4.79 Å². The number of piperazine rings is 1. The summed E-state index contributed by atoms with van der Waals surface area (Å²) < 4.78 is 10.7. The van der Waals surface area contributed by atoms with E-state index in [1.54, 1.807) is 29.0 Å². The van der Waals surface area contributed by atoms with Crippen molar-refractivity contribution in [3.63, 3.8) is 0 Å². The monoisotopic (exact) mass is 368 g/mol. The van der Waals surface area contributed by atoms with Gasteiger partial charge in [0.1, 0.15) is 11.5 Å². The molecule has 0 bridgehead atoms.